The van der Waals surface area contributed by atoms with Crippen LogP contribution in [0.4, 0.5) is 5.82 Å². The van der Waals surface area contributed by atoms with Gasteiger partial charge < -0.3 is 10.8 Å². The molecular formula is C12H13N3O. The van der Waals surface area contributed by atoms with E-state index in [-0.39, 0.29) is 5.75 Å². The van der Waals surface area contributed by atoms with Gasteiger partial charge in [0.2, 0.25) is 0 Å². The molecule has 1 aromatic heterocycles. The van der Waals surface area contributed by atoms with E-state index in [1.54, 1.807) is 18.2 Å². The smallest absolute Gasteiger partial charge is 0.161 e. The highest BCUT2D eigenvalue weighted by Crippen LogP contribution is 2.22. The molecule has 0 saturated carbocycles. The molecule has 0 bridgehead atoms. The second-order valence-corrected chi connectivity index (χ2v) is 3.69. The van der Waals surface area contributed by atoms with Crippen LogP contribution in [0, 0.1) is 13.8 Å². The molecule has 0 aliphatic heterocycles. The van der Waals surface area contributed by atoms with Crippen molar-refractivity contribution < 1.29 is 5.11 Å². The van der Waals surface area contributed by atoms with Gasteiger partial charge in [0.05, 0.1) is 0 Å². The monoisotopic (exact) mass is 215 g/mol. The van der Waals surface area contributed by atoms with Crippen LogP contribution < -0.4 is 5.73 Å². The zero-order valence-corrected chi connectivity index (χ0v) is 9.23. The largest absolute Gasteiger partial charge is 0.508 e. The molecule has 82 valence electrons. The Morgan fingerprint density at radius 1 is 1.19 bits per heavy atom. The van der Waals surface area contributed by atoms with Crippen LogP contribution in [0.15, 0.2) is 24.3 Å². The molecule has 2 rings (SSSR count). The van der Waals surface area contributed by atoms with Gasteiger partial charge >= 0.3 is 0 Å². The van der Waals surface area contributed by atoms with Crippen LogP contribution in [0.25, 0.3) is 11.4 Å². The third kappa shape index (κ3) is 1.82. The average Bonchev–Trinajstić information content (AvgIpc) is 2.25. The zero-order chi connectivity index (χ0) is 11.7. The number of nitrogen functional groups attached to an aromatic ring is 1. The number of anilines is 1. The lowest BCUT2D eigenvalue weighted by Gasteiger charge is -2.06. The van der Waals surface area contributed by atoms with E-state index in [4.69, 9.17) is 5.73 Å². The van der Waals surface area contributed by atoms with E-state index < -0.39 is 0 Å². The molecule has 0 spiro atoms. The van der Waals surface area contributed by atoms with Crippen molar-refractivity contribution in [2.24, 2.45) is 0 Å². The van der Waals surface area contributed by atoms with Crippen molar-refractivity contribution in [2.75, 3.05) is 5.73 Å². The highest BCUT2D eigenvalue weighted by Gasteiger charge is 2.07. The summed E-state index contributed by atoms with van der Waals surface area (Å²) in [6.07, 6.45) is 0. The molecule has 0 aliphatic rings. The fourth-order valence-electron chi connectivity index (χ4n) is 1.43. The summed E-state index contributed by atoms with van der Waals surface area (Å²) in [7, 11) is 0. The molecule has 2 aromatic rings. The maximum absolute atomic E-state index is 9.38. The topological polar surface area (TPSA) is 72.0 Å². The quantitative estimate of drug-likeness (QED) is 0.763. The van der Waals surface area contributed by atoms with E-state index >= 15 is 0 Å². The van der Waals surface area contributed by atoms with Gasteiger partial charge in [-0.3, -0.25) is 0 Å². The number of phenolic OH excluding ortho intramolecular Hbond substituents is 1. The summed E-state index contributed by atoms with van der Waals surface area (Å²) in [6, 6.07) is 6.81. The Kier molecular flexibility index (Phi) is 2.48. The summed E-state index contributed by atoms with van der Waals surface area (Å²) in [5.74, 6) is 1.21. The number of aryl methyl sites for hydroxylation is 1. The third-order valence-corrected chi connectivity index (χ3v) is 2.53. The number of hydrogen-bond donors (Lipinski definition) is 2. The van der Waals surface area contributed by atoms with E-state index in [9.17, 15) is 5.11 Å². The molecule has 0 unspecified atom stereocenters. The van der Waals surface area contributed by atoms with Crippen LogP contribution in [0.3, 0.4) is 0 Å². The number of aromatic hydroxyl groups is 1. The Morgan fingerprint density at radius 3 is 2.56 bits per heavy atom. The number of hydrogen-bond acceptors (Lipinski definition) is 4. The van der Waals surface area contributed by atoms with Gasteiger partial charge in [-0.25, -0.2) is 9.97 Å². The van der Waals surface area contributed by atoms with Gasteiger partial charge in [0, 0.05) is 16.8 Å². The van der Waals surface area contributed by atoms with Crippen molar-refractivity contribution in [3.05, 3.63) is 35.5 Å². The van der Waals surface area contributed by atoms with Gasteiger partial charge in [-0.05, 0) is 26.0 Å². The van der Waals surface area contributed by atoms with E-state index in [1.807, 2.05) is 19.9 Å². The minimum Gasteiger partial charge on any atom is -0.508 e. The summed E-state index contributed by atoms with van der Waals surface area (Å²) in [5.41, 5.74) is 8.29. The predicted molar refractivity (Wildman–Crippen MR) is 63.0 cm³/mol. The first-order chi connectivity index (χ1) is 7.58. The summed E-state index contributed by atoms with van der Waals surface area (Å²) >= 11 is 0. The molecule has 0 saturated heterocycles. The first-order valence-electron chi connectivity index (χ1n) is 4.98. The number of benzene rings is 1. The van der Waals surface area contributed by atoms with Gasteiger partial charge in [-0.1, -0.05) is 12.1 Å². The normalized spacial score (nSPS) is 10.4. The molecule has 4 heteroatoms. The van der Waals surface area contributed by atoms with Crippen molar-refractivity contribution in [1.29, 1.82) is 0 Å². The highest BCUT2D eigenvalue weighted by molar-refractivity contribution is 5.60. The summed E-state index contributed by atoms with van der Waals surface area (Å²) in [5, 5.41) is 9.38. The lowest BCUT2D eigenvalue weighted by molar-refractivity contribution is 0.475. The van der Waals surface area contributed by atoms with E-state index in [1.165, 1.54) is 0 Å². The zero-order valence-electron chi connectivity index (χ0n) is 9.23. The highest BCUT2D eigenvalue weighted by atomic mass is 16.3. The van der Waals surface area contributed by atoms with Gasteiger partial charge in [0.15, 0.2) is 5.82 Å². The number of nitrogens with zero attached hydrogens (tertiary/aromatic N) is 2. The molecule has 1 heterocycles. The Labute approximate surface area is 93.8 Å². The molecule has 0 amide bonds. The maximum Gasteiger partial charge on any atom is 0.161 e. The van der Waals surface area contributed by atoms with Crippen molar-refractivity contribution in [3.63, 3.8) is 0 Å². The SMILES string of the molecule is Cc1nc(-c2cccc(O)c2)nc(N)c1C. The standard InChI is InChI=1S/C12H13N3O/c1-7-8(2)14-12(15-11(7)13)9-4-3-5-10(16)6-9/h3-6,16H,1-2H3,(H2,13,14,15). The molecule has 0 atom stereocenters. The lowest BCUT2D eigenvalue weighted by atomic mass is 10.2. The van der Waals surface area contributed by atoms with Crippen LogP contribution >= 0.6 is 0 Å². The second kappa shape index (κ2) is 3.81. The van der Waals surface area contributed by atoms with Crippen molar-refractivity contribution >= 4 is 5.82 Å². The van der Waals surface area contributed by atoms with Gasteiger partial charge in [-0.15, -0.1) is 0 Å². The Balaban J connectivity index is 2.57. The molecule has 0 aliphatic carbocycles. The van der Waals surface area contributed by atoms with Crippen LogP contribution in [-0.4, -0.2) is 15.1 Å². The number of aromatic nitrogens is 2. The summed E-state index contributed by atoms with van der Waals surface area (Å²) in [4.78, 5) is 8.54. The van der Waals surface area contributed by atoms with Crippen LogP contribution in [0.2, 0.25) is 0 Å². The molecule has 16 heavy (non-hydrogen) atoms. The number of phenols is 1. The first-order valence-corrected chi connectivity index (χ1v) is 4.98. The maximum atomic E-state index is 9.38. The Hall–Kier alpha value is -2.10. The minimum absolute atomic E-state index is 0.192. The van der Waals surface area contributed by atoms with Crippen molar-refractivity contribution in [2.45, 2.75) is 13.8 Å². The van der Waals surface area contributed by atoms with Crippen molar-refractivity contribution in [3.8, 4) is 17.1 Å². The van der Waals surface area contributed by atoms with E-state index in [0.717, 1.165) is 16.8 Å². The molecule has 3 N–H and O–H groups in total. The number of rotatable bonds is 1. The predicted octanol–water partition coefficient (Wildman–Crippen LogP) is 2.05. The van der Waals surface area contributed by atoms with Crippen LogP contribution in [0.5, 0.6) is 5.75 Å². The van der Waals surface area contributed by atoms with E-state index in [2.05, 4.69) is 9.97 Å². The average molecular weight is 215 g/mol. The van der Waals surface area contributed by atoms with E-state index in [0.29, 0.717) is 11.6 Å². The Bertz CT molecular complexity index is 515. The van der Waals surface area contributed by atoms with Gasteiger partial charge in [-0.2, -0.15) is 0 Å². The second-order valence-electron chi connectivity index (χ2n) is 3.69. The molecule has 0 fully saturated rings. The molecular weight excluding hydrogens is 202 g/mol. The first kappa shape index (κ1) is 10.4. The van der Waals surface area contributed by atoms with Crippen LogP contribution in [-0.2, 0) is 0 Å². The fraction of sp³-hybridized carbons (Fsp3) is 0.167. The fourth-order valence-corrected chi connectivity index (χ4v) is 1.43. The molecule has 0 radical (unpaired) electrons. The lowest BCUT2D eigenvalue weighted by Crippen LogP contribution is -2.01. The number of nitrogens with two attached hydrogens (primary N) is 1. The molecule has 1 aromatic carbocycles. The molecule has 4 nitrogen and oxygen atoms in total. The Morgan fingerprint density at radius 2 is 1.94 bits per heavy atom. The third-order valence-electron chi connectivity index (χ3n) is 2.53. The minimum atomic E-state index is 0.192. The van der Waals surface area contributed by atoms with Crippen LogP contribution in [0.1, 0.15) is 11.3 Å². The summed E-state index contributed by atoms with van der Waals surface area (Å²) < 4.78 is 0. The van der Waals surface area contributed by atoms with Gasteiger partial charge in [0.25, 0.3) is 0 Å². The summed E-state index contributed by atoms with van der Waals surface area (Å²) in [6.45, 7) is 3.77. The van der Waals surface area contributed by atoms with Gasteiger partial charge in [0.1, 0.15) is 11.6 Å². The van der Waals surface area contributed by atoms with Crippen molar-refractivity contribution in [1.82, 2.24) is 9.97 Å².